The van der Waals surface area contributed by atoms with Crippen molar-refractivity contribution in [1.82, 2.24) is 10.6 Å². The molecule has 0 saturated heterocycles. The zero-order valence-corrected chi connectivity index (χ0v) is 15.0. The number of rotatable bonds is 7. The van der Waals surface area contributed by atoms with E-state index in [-0.39, 0.29) is 30.7 Å². The summed E-state index contributed by atoms with van der Waals surface area (Å²) in [7, 11) is 0. The number of ether oxygens (including phenoxy) is 1. The van der Waals surface area contributed by atoms with Crippen molar-refractivity contribution >= 4 is 11.8 Å². The highest BCUT2D eigenvalue weighted by Crippen LogP contribution is 2.31. The first kappa shape index (κ1) is 21.7. The lowest BCUT2D eigenvalue weighted by molar-refractivity contribution is -0.137. The second-order valence-corrected chi connectivity index (χ2v) is 6.52. The Labute approximate surface area is 149 Å². The van der Waals surface area contributed by atoms with Crippen molar-refractivity contribution in [3.8, 4) is 5.75 Å². The van der Waals surface area contributed by atoms with Crippen LogP contribution in [0.2, 0.25) is 0 Å². The third-order valence-electron chi connectivity index (χ3n) is 3.43. The van der Waals surface area contributed by atoms with Crippen molar-refractivity contribution < 1.29 is 31.9 Å². The number of nitrogens with one attached hydrogen (secondary N) is 2. The van der Waals surface area contributed by atoms with Crippen LogP contribution in [0.1, 0.15) is 33.3 Å². The van der Waals surface area contributed by atoms with Gasteiger partial charge in [0.15, 0.2) is 11.6 Å². The van der Waals surface area contributed by atoms with Crippen LogP contribution in [0.5, 0.6) is 5.75 Å². The second-order valence-electron chi connectivity index (χ2n) is 6.52. The van der Waals surface area contributed by atoms with E-state index < -0.39 is 29.0 Å². The van der Waals surface area contributed by atoms with Gasteiger partial charge in [0.25, 0.3) is 0 Å². The van der Waals surface area contributed by atoms with E-state index in [9.17, 15) is 27.2 Å². The fourth-order valence-corrected chi connectivity index (χ4v) is 1.85. The highest BCUT2D eigenvalue weighted by Gasteiger charge is 2.31. The van der Waals surface area contributed by atoms with Gasteiger partial charge in [0.1, 0.15) is 12.1 Å². The molecule has 2 N–H and O–H groups in total. The van der Waals surface area contributed by atoms with E-state index in [1.54, 1.807) is 13.8 Å². The molecule has 1 rings (SSSR count). The molecule has 1 aromatic rings. The lowest BCUT2D eigenvalue weighted by Gasteiger charge is -2.26. The highest BCUT2D eigenvalue weighted by atomic mass is 19.4. The molecule has 0 radical (unpaired) electrons. The van der Waals surface area contributed by atoms with Crippen LogP contribution >= 0.6 is 0 Å². The predicted molar refractivity (Wildman–Crippen MR) is 87.0 cm³/mol. The Balaban J connectivity index is 2.51. The first-order chi connectivity index (χ1) is 11.8. The fraction of sp³-hybridized carbons (Fsp3) is 0.529. The largest absolute Gasteiger partial charge is 0.489 e. The normalized spacial score (nSPS) is 12.0. The highest BCUT2D eigenvalue weighted by molar-refractivity contribution is 5.91. The van der Waals surface area contributed by atoms with E-state index in [0.29, 0.717) is 12.1 Å². The Morgan fingerprint density at radius 3 is 2.31 bits per heavy atom. The predicted octanol–water partition coefficient (Wildman–Crippen LogP) is 2.89. The van der Waals surface area contributed by atoms with E-state index in [1.807, 2.05) is 0 Å². The molecule has 0 atom stereocenters. The SMILES string of the molecule is CC(C)C(=O)NC(C)(C)C(=O)NCCOc1ccc(C(F)(F)F)cc1F. The summed E-state index contributed by atoms with van der Waals surface area (Å²) < 4.78 is 56.0. The smallest absolute Gasteiger partial charge is 0.416 e. The van der Waals surface area contributed by atoms with Gasteiger partial charge in [-0.05, 0) is 32.0 Å². The Hall–Kier alpha value is -2.32. The van der Waals surface area contributed by atoms with Crippen LogP contribution < -0.4 is 15.4 Å². The molecule has 1 aromatic carbocycles. The number of carbonyl (C=O) groups excluding carboxylic acids is 2. The lowest BCUT2D eigenvalue weighted by atomic mass is 10.0. The maximum Gasteiger partial charge on any atom is 0.416 e. The van der Waals surface area contributed by atoms with Crippen LogP contribution in [0.4, 0.5) is 17.6 Å². The summed E-state index contributed by atoms with van der Waals surface area (Å²) in [5.41, 5.74) is -2.26. The van der Waals surface area contributed by atoms with Crippen molar-refractivity contribution in [2.45, 2.75) is 39.4 Å². The number of hydrogen-bond acceptors (Lipinski definition) is 3. The maximum atomic E-state index is 13.6. The molecule has 26 heavy (non-hydrogen) atoms. The van der Waals surface area contributed by atoms with Gasteiger partial charge in [-0.3, -0.25) is 9.59 Å². The summed E-state index contributed by atoms with van der Waals surface area (Å²) in [6.07, 6.45) is -4.64. The molecule has 5 nitrogen and oxygen atoms in total. The quantitative estimate of drug-likeness (QED) is 0.566. The van der Waals surface area contributed by atoms with Crippen molar-refractivity contribution in [3.63, 3.8) is 0 Å². The lowest BCUT2D eigenvalue weighted by Crippen LogP contribution is -2.56. The molecule has 9 heteroatoms. The minimum Gasteiger partial charge on any atom is -0.489 e. The summed E-state index contributed by atoms with van der Waals surface area (Å²) >= 11 is 0. The Morgan fingerprint density at radius 2 is 1.81 bits per heavy atom. The standard InChI is InChI=1S/C17H22F4N2O3/c1-10(2)14(24)23-16(3,4)15(25)22-7-8-26-13-6-5-11(9-12(13)18)17(19,20)21/h5-6,9-10H,7-8H2,1-4H3,(H,22,25)(H,23,24). The summed E-state index contributed by atoms with van der Waals surface area (Å²) in [6, 6.07) is 1.94. The van der Waals surface area contributed by atoms with Gasteiger partial charge in [-0.25, -0.2) is 4.39 Å². The van der Waals surface area contributed by atoms with Gasteiger partial charge in [0, 0.05) is 5.92 Å². The van der Waals surface area contributed by atoms with Crippen LogP contribution in [0.15, 0.2) is 18.2 Å². The second kappa shape index (κ2) is 8.37. The average Bonchev–Trinajstić information content (AvgIpc) is 2.50. The van der Waals surface area contributed by atoms with Gasteiger partial charge in [0.05, 0.1) is 12.1 Å². The van der Waals surface area contributed by atoms with Crippen LogP contribution in [0.25, 0.3) is 0 Å². The minimum atomic E-state index is -4.64. The molecule has 0 aliphatic heterocycles. The molecule has 0 aliphatic carbocycles. The number of hydrogen-bond donors (Lipinski definition) is 2. The van der Waals surface area contributed by atoms with Gasteiger partial charge in [-0.1, -0.05) is 13.8 Å². The van der Waals surface area contributed by atoms with E-state index in [0.717, 1.165) is 6.07 Å². The third-order valence-corrected chi connectivity index (χ3v) is 3.43. The maximum absolute atomic E-state index is 13.6. The topological polar surface area (TPSA) is 67.4 Å². The molecule has 0 aliphatic rings. The first-order valence-electron chi connectivity index (χ1n) is 7.94. The van der Waals surface area contributed by atoms with Crippen LogP contribution in [-0.2, 0) is 15.8 Å². The summed E-state index contributed by atoms with van der Waals surface area (Å²) in [4.78, 5) is 23.8. The minimum absolute atomic E-state index is 0.0136. The Kier molecular flexibility index (Phi) is 7.00. The van der Waals surface area contributed by atoms with Gasteiger partial charge in [0.2, 0.25) is 11.8 Å². The number of alkyl halides is 3. The Morgan fingerprint density at radius 1 is 1.19 bits per heavy atom. The Bertz CT molecular complexity index is 658. The summed E-state index contributed by atoms with van der Waals surface area (Å²) in [5, 5.41) is 5.10. The van der Waals surface area contributed by atoms with Crippen molar-refractivity contribution in [1.29, 1.82) is 0 Å². The molecule has 2 amide bonds. The number of halogens is 4. The number of amides is 2. The van der Waals surface area contributed by atoms with Crippen molar-refractivity contribution in [2.24, 2.45) is 5.92 Å². The molecular formula is C17H22F4N2O3. The van der Waals surface area contributed by atoms with Gasteiger partial charge >= 0.3 is 6.18 Å². The van der Waals surface area contributed by atoms with E-state index >= 15 is 0 Å². The van der Waals surface area contributed by atoms with E-state index in [2.05, 4.69) is 10.6 Å². The van der Waals surface area contributed by atoms with Crippen molar-refractivity contribution in [2.75, 3.05) is 13.2 Å². The van der Waals surface area contributed by atoms with Crippen LogP contribution in [0.3, 0.4) is 0 Å². The molecular weight excluding hydrogens is 356 g/mol. The first-order valence-corrected chi connectivity index (χ1v) is 7.94. The third kappa shape index (κ3) is 6.20. The molecule has 0 unspecified atom stereocenters. The van der Waals surface area contributed by atoms with Crippen LogP contribution in [0, 0.1) is 11.7 Å². The van der Waals surface area contributed by atoms with E-state index in [4.69, 9.17) is 4.74 Å². The molecule has 0 heterocycles. The van der Waals surface area contributed by atoms with Gasteiger partial charge in [-0.2, -0.15) is 13.2 Å². The number of carbonyl (C=O) groups is 2. The zero-order chi connectivity index (χ0) is 20.1. The zero-order valence-electron chi connectivity index (χ0n) is 15.0. The monoisotopic (exact) mass is 378 g/mol. The summed E-state index contributed by atoms with van der Waals surface area (Å²) in [5.74, 6) is -2.53. The molecule has 0 fully saturated rings. The average molecular weight is 378 g/mol. The van der Waals surface area contributed by atoms with Gasteiger partial charge < -0.3 is 15.4 Å². The molecule has 0 spiro atoms. The molecule has 0 aromatic heterocycles. The molecule has 0 bridgehead atoms. The van der Waals surface area contributed by atoms with Gasteiger partial charge in [-0.15, -0.1) is 0 Å². The number of benzene rings is 1. The fourth-order valence-electron chi connectivity index (χ4n) is 1.85. The van der Waals surface area contributed by atoms with Crippen LogP contribution in [-0.4, -0.2) is 30.5 Å². The molecule has 0 saturated carbocycles. The molecule has 146 valence electrons. The van der Waals surface area contributed by atoms with Crippen molar-refractivity contribution in [3.05, 3.63) is 29.6 Å². The summed E-state index contributed by atoms with van der Waals surface area (Å²) in [6.45, 7) is 6.27. The van der Waals surface area contributed by atoms with E-state index in [1.165, 1.54) is 13.8 Å².